The highest BCUT2D eigenvalue weighted by Crippen LogP contribution is 2.22. The minimum atomic E-state index is -5.06. The number of Topliss-reactive ketones (excluding diaryl/α,β-unsaturated/α-hetero) is 2. The second-order valence-electron chi connectivity index (χ2n) is 3.65. The molecule has 0 aromatic carbocycles. The molecule has 0 saturated carbocycles. The number of carboxylic acids is 2. The van der Waals surface area contributed by atoms with Gasteiger partial charge in [-0.15, -0.1) is 0 Å². The van der Waals surface area contributed by atoms with E-state index in [9.17, 15) is 45.5 Å². The van der Waals surface area contributed by atoms with Crippen molar-refractivity contribution in [2.24, 2.45) is 5.92 Å². The lowest BCUT2D eigenvalue weighted by molar-refractivity contribution is -0.179. The van der Waals surface area contributed by atoms with Crippen molar-refractivity contribution in [1.29, 1.82) is 0 Å². The molecule has 0 aliphatic heterocycles. The van der Waals surface area contributed by atoms with Gasteiger partial charge in [0, 0.05) is 0 Å². The lowest BCUT2D eigenvalue weighted by Crippen LogP contribution is -2.34. The SMILES string of the molecule is CCC(C(=O)O)C(=O)C(F)(F)F.O=C(O)CC(=O)C(F)(F)F. The highest BCUT2D eigenvalue weighted by molar-refractivity contribution is 6.01. The van der Waals surface area contributed by atoms with E-state index in [2.05, 4.69) is 0 Å². The van der Waals surface area contributed by atoms with E-state index < -0.39 is 48.2 Å². The largest absolute Gasteiger partial charge is 0.481 e. The lowest BCUT2D eigenvalue weighted by Gasteiger charge is -2.10. The lowest BCUT2D eigenvalue weighted by atomic mass is 10.0. The van der Waals surface area contributed by atoms with Crippen LogP contribution in [0.2, 0.25) is 0 Å². The van der Waals surface area contributed by atoms with Gasteiger partial charge in [-0.3, -0.25) is 19.2 Å². The van der Waals surface area contributed by atoms with Crippen molar-refractivity contribution in [2.45, 2.75) is 32.1 Å². The highest BCUT2D eigenvalue weighted by Gasteiger charge is 2.45. The number of aliphatic carboxylic acids is 2. The molecule has 0 aromatic rings. The Morgan fingerprint density at radius 1 is 0.909 bits per heavy atom. The van der Waals surface area contributed by atoms with E-state index in [0.717, 1.165) is 0 Å². The van der Waals surface area contributed by atoms with E-state index in [0.29, 0.717) is 0 Å². The summed E-state index contributed by atoms with van der Waals surface area (Å²) in [4.78, 5) is 39.7. The van der Waals surface area contributed by atoms with Crippen molar-refractivity contribution < 1.29 is 55.7 Å². The van der Waals surface area contributed by atoms with Crippen molar-refractivity contribution in [3.8, 4) is 0 Å². The van der Waals surface area contributed by atoms with Crippen molar-refractivity contribution >= 4 is 23.5 Å². The summed E-state index contributed by atoms with van der Waals surface area (Å²) >= 11 is 0. The molecule has 22 heavy (non-hydrogen) atoms. The summed E-state index contributed by atoms with van der Waals surface area (Å²) in [6.45, 7) is 1.21. The van der Waals surface area contributed by atoms with Crippen LogP contribution in [-0.4, -0.2) is 46.1 Å². The van der Waals surface area contributed by atoms with E-state index in [1.54, 1.807) is 0 Å². The maximum absolute atomic E-state index is 11.6. The zero-order chi connectivity index (χ0) is 18.3. The number of halogens is 6. The Balaban J connectivity index is 0. The highest BCUT2D eigenvalue weighted by atomic mass is 19.4. The molecule has 6 nitrogen and oxygen atoms in total. The van der Waals surface area contributed by atoms with Crippen LogP contribution in [0.4, 0.5) is 26.3 Å². The predicted molar refractivity (Wildman–Crippen MR) is 55.8 cm³/mol. The van der Waals surface area contributed by atoms with Crippen LogP contribution in [0, 0.1) is 5.92 Å². The first-order chi connectivity index (χ1) is 9.64. The molecule has 2 N–H and O–H groups in total. The zero-order valence-electron chi connectivity index (χ0n) is 10.8. The summed E-state index contributed by atoms with van der Waals surface area (Å²) < 4.78 is 68.5. The molecule has 1 atom stereocenters. The topological polar surface area (TPSA) is 109 Å². The number of alkyl halides is 6. The van der Waals surface area contributed by atoms with Gasteiger partial charge in [0.15, 0.2) is 0 Å². The van der Waals surface area contributed by atoms with Gasteiger partial charge in [0.1, 0.15) is 12.3 Å². The first-order valence-corrected chi connectivity index (χ1v) is 5.30. The summed E-state index contributed by atoms with van der Waals surface area (Å²) in [6.07, 6.45) is -11.9. The summed E-state index contributed by atoms with van der Waals surface area (Å²) in [5.74, 6) is -9.91. The summed E-state index contributed by atoms with van der Waals surface area (Å²) in [5, 5.41) is 15.9. The van der Waals surface area contributed by atoms with Gasteiger partial charge in [0.2, 0.25) is 11.6 Å². The first kappa shape index (κ1) is 22.1. The molecule has 0 amide bonds. The second-order valence-corrected chi connectivity index (χ2v) is 3.65. The number of carbonyl (C=O) groups is 4. The fourth-order valence-corrected chi connectivity index (χ4v) is 0.907. The molecule has 0 heterocycles. The number of carbonyl (C=O) groups excluding carboxylic acids is 2. The third-order valence-electron chi connectivity index (χ3n) is 1.93. The van der Waals surface area contributed by atoms with Gasteiger partial charge in [-0.1, -0.05) is 6.92 Å². The van der Waals surface area contributed by atoms with Crippen molar-refractivity contribution in [1.82, 2.24) is 0 Å². The Labute approximate surface area is 118 Å². The number of hydrogen-bond donors (Lipinski definition) is 2. The molecule has 128 valence electrons. The Hall–Kier alpha value is -2.14. The fourth-order valence-electron chi connectivity index (χ4n) is 0.907. The molecule has 0 spiro atoms. The van der Waals surface area contributed by atoms with E-state index in [4.69, 9.17) is 10.2 Å². The molecular weight excluding hydrogens is 330 g/mol. The van der Waals surface area contributed by atoms with Gasteiger partial charge in [0.25, 0.3) is 0 Å². The van der Waals surface area contributed by atoms with Crippen molar-refractivity contribution in [2.75, 3.05) is 0 Å². The second kappa shape index (κ2) is 8.34. The van der Waals surface area contributed by atoms with Crippen LogP contribution in [0.25, 0.3) is 0 Å². The molecule has 0 fully saturated rings. The van der Waals surface area contributed by atoms with Crippen LogP contribution >= 0.6 is 0 Å². The third-order valence-corrected chi connectivity index (χ3v) is 1.93. The van der Waals surface area contributed by atoms with Gasteiger partial charge in [-0.25, -0.2) is 0 Å². The fraction of sp³-hybridized carbons (Fsp3) is 0.600. The molecule has 0 radical (unpaired) electrons. The van der Waals surface area contributed by atoms with Crippen molar-refractivity contribution in [3.63, 3.8) is 0 Å². The van der Waals surface area contributed by atoms with E-state index in [1.807, 2.05) is 0 Å². The van der Waals surface area contributed by atoms with Gasteiger partial charge < -0.3 is 10.2 Å². The maximum Gasteiger partial charge on any atom is 0.450 e. The molecular formula is C10H10F6O6. The molecule has 0 bridgehead atoms. The number of ketones is 2. The van der Waals surface area contributed by atoms with Gasteiger partial charge in [0.05, 0.1) is 0 Å². The summed E-state index contributed by atoms with van der Waals surface area (Å²) in [5.41, 5.74) is 0. The smallest absolute Gasteiger partial charge is 0.450 e. The van der Waals surface area contributed by atoms with Crippen LogP contribution < -0.4 is 0 Å². The summed E-state index contributed by atoms with van der Waals surface area (Å²) in [7, 11) is 0. The maximum atomic E-state index is 11.6. The van der Waals surface area contributed by atoms with E-state index in [1.165, 1.54) is 6.92 Å². The third kappa shape index (κ3) is 8.92. The molecule has 1 unspecified atom stereocenters. The molecule has 0 aliphatic carbocycles. The van der Waals surface area contributed by atoms with Crippen LogP contribution in [0.5, 0.6) is 0 Å². The van der Waals surface area contributed by atoms with Crippen LogP contribution in [0.3, 0.4) is 0 Å². The van der Waals surface area contributed by atoms with Gasteiger partial charge in [-0.05, 0) is 6.42 Å². The number of carboxylic acid groups (broad SMARTS) is 2. The molecule has 0 aliphatic rings. The Bertz CT molecular complexity index is 438. The molecule has 0 saturated heterocycles. The van der Waals surface area contributed by atoms with Crippen molar-refractivity contribution in [3.05, 3.63) is 0 Å². The minimum Gasteiger partial charge on any atom is -0.481 e. The normalized spacial score (nSPS) is 12.7. The number of hydrogen-bond acceptors (Lipinski definition) is 4. The van der Waals surface area contributed by atoms with Crippen LogP contribution in [0.15, 0.2) is 0 Å². The van der Waals surface area contributed by atoms with Crippen LogP contribution in [-0.2, 0) is 19.2 Å². The Morgan fingerprint density at radius 3 is 1.41 bits per heavy atom. The predicted octanol–water partition coefficient (Wildman–Crippen LogP) is 1.82. The van der Waals surface area contributed by atoms with E-state index >= 15 is 0 Å². The van der Waals surface area contributed by atoms with Gasteiger partial charge >= 0.3 is 24.3 Å². The first-order valence-electron chi connectivity index (χ1n) is 5.30. The molecule has 0 rings (SSSR count). The minimum absolute atomic E-state index is 0.353. The molecule has 0 aromatic heterocycles. The number of rotatable bonds is 5. The average Bonchev–Trinajstić information content (AvgIpc) is 2.26. The Morgan fingerprint density at radius 2 is 1.32 bits per heavy atom. The average molecular weight is 340 g/mol. The van der Waals surface area contributed by atoms with Crippen LogP contribution in [0.1, 0.15) is 19.8 Å². The van der Waals surface area contributed by atoms with Gasteiger partial charge in [-0.2, -0.15) is 26.3 Å². The standard InChI is InChI=1S/C6H7F3O3.C4H3F3O3/c1-2-3(5(11)12)4(10)6(7,8)9;5-4(6,7)2(8)1-3(9)10/h3H,2H2,1H3,(H,11,12);1H2,(H,9,10). The monoisotopic (exact) mass is 340 g/mol. The summed E-state index contributed by atoms with van der Waals surface area (Å²) in [6, 6.07) is 0. The van der Waals surface area contributed by atoms with E-state index in [-0.39, 0.29) is 6.42 Å². The molecule has 12 heteroatoms. The Kier molecular flexibility index (Phi) is 8.39. The zero-order valence-corrected chi connectivity index (χ0v) is 10.8. The quantitative estimate of drug-likeness (QED) is 0.584.